The molecule has 0 saturated carbocycles. The van der Waals surface area contributed by atoms with Crippen molar-refractivity contribution in [1.82, 2.24) is 5.32 Å². The number of anilines is 1. The molecule has 0 unspecified atom stereocenters. The van der Waals surface area contributed by atoms with Gasteiger partial charge >= 0.3 is 0 Å². The van der Waals surface area contributed by atoms with Crippen molar-refractivity contribution in [2.24, 2.45) is 0 Å². The fraction of sp³-hybridized carbons (Fsp3) is 0.321. The lowest BCUT2D eigenvalue weighted by Crippen LogP contribution is -2.41. The zero-order chi connectivity index (χ0) is 28.4. The Morgan fingerprint density at radius 2 is 1.44 bits per heavy atom. The van der Waals surface area contributed by atoms with Crippen molar-refractivity contribution in [3.63, 3.8) is 0 Å². The molecule has 1 amide bonds. The Labute approximate surface area is 229 Å². The van der Waals surface area contributed by atoms with Crippen molar-refractivity contribution in [3.05, 3.63) is 66.2 Å². The van der Waals surface area contributed by atoms with E-state index in [1.54, 1.807) is 19.2 Å². The molecule has 0 saturated heterocycles. The Bertz CT molecular complexity index is 1380. The second kappa shape index (κ2) is 13.6. The second-order valence-electron chi connectivity index (χ2n) is 8.37. The summed E-state index contributed by atoms with van der Waals surface area (Å²) in [5.74, 6) is 1.55. The Morgan fingerprint density at radius 1 is 0.769 bits per heavy atom. The number of aryl methyl sites for hydroxylation is 1. The van der Waals surface area contributed by atoms with Gasteiger partial charge in [0.15, 0.2) is 11.5 Å². The fourth-order valence-corrected chi connectivity index (χ4v) is 5.37. The zero-order valence-electron chi connectivity index (χ0n) is 22.7. The lowest BCUT2D eigenvalue weighted by molar-refractivity contribution is -0.119. The standard InChI is InChI=1S/C28H34N2O8S/c1-34-21-10-6-8-20(16-21)9-7-15-29-28(31)19-30(24-17-22(35-2)11-13-25(24)36-3)39(32,33)23-12-14-26(37-4)27(18-23)38-5/h6,8,10-14,16-18H,7,9,15,19H2,1-5H3,(H,29,31). The summed E-state index contributed by atoms with van der Waals surface area (Å²) in [6, 6.07) is 16.7. The van der Waals surface area contributed by atoms with E-state index in [1.165, 1.54) is 52.7 Å². The molecule has 0 fully saturated rings. The van der Waals surface area contributed by atoms with E-state index in [1.807, 2.05) is 24.3 Å². The van der Waals surface area contributed by atoms with Crippen molar-refractivity contribution in [1.29, 1.82) is 0 Å². The normalized spacial score (nSPS) is 10.9. The van der Waals surface area contributed by atoms with Crippen LogP contribution in [0.15, 0.2) is 65.6 Å². The maximum Gasteiger partial charge on any atom is 0.265 e. The number of nitrogens with zero attached hydrogens (tertiary/aromatic N) is 1. The number of rotatable bonds is 14. The van der Waals surface area contributed by atoms with Crippen molar-refractivity contribution in [3.8, 4) is 28.7 Å². The van der Waals surface area contributed by atoms with Crippen LogP contribution in [0.3, 0.4) is 0 Å². The van der Waals surface area contributed by atoms with Gasteiger partial charge in [0.25, 0.3) is 10.0 Å². The van der Waals surface area contributed by atoms with E-state index in [4.69, 9.17) is 23.7 Å². The highest BCUT2D eigenvalue weighted by molar-refractivity contribution is 7.92. The average molecular weight is 559 g/mol. The van der Waals surface area contributed by atoms with E-state index >= 15 is 0 Å². The minimum atomic E-state index is -4.26. The minimum absolute atomic E-state index is 0.0872. The molecule has 0 aliphatic rings. The number of carbonyl (C=O) groups is 1. The third kappa shape index (κ3) is 7.26. The smallest absolute Gasteiger partial charge is 0.265 e. The van der Waals surface area contributed by atoms with E-state index in [9.17, 15) is 13.2 Å². The number of hydrogen-bond acceptors (Lipinski definition) is 8. The molecular formula is C28H34N2O8S. The molecule has 0 bridgehead atoms. The van der Waals surface area contributed by atoms with Gasteiger partial charge in [0.1, 0.15) is 23.8 Å². The molecule has 0 aromatic heterocycles. The van der Waals surface area contributed by atoms with Crippen LogP contribution in [0.1, 0.15) is 12.0 Å². The number of hydrogen-bond donors (Lipinski definition) is 1. The largest absolute Gasteiger partial charge is 0.497 e. The third-order valence-corrected chi connectivity index (χ3v) is 7.74. The van der Waals surface area contributed by atoms with Gasteiger partial charge in [0, 0.05) is 18.7 Å². The molecule has 0 atom stereocenters. The predicted octanol–water partition coefficient (Wildman–Crippen LogP) is 3.67. The minimum Gasteiger partial charge on any atom is -0.497 e. The summed E-state index contributed by atoms with van der Waals surface area (Å²) in [4.78, 5) is 13.0. The summed E-state index contributed by atoms with van der Waals surface area (Å²) >= 11 is 0. The first-order valence-electron chi connectivity index (χ1n) is 12.1. The van der Waals surface area contributed by atoms with Gasteiger partial charge in [0.05, 0.1) is 46.1 Å². The lowest BCUT2D eigenvalue weighted by Gasteiger charge is -2.26. The molecule has 1 N–H and O–H groups in total. The van der Waals surface area contributed by atoms with Crippen LogP contribution < -0.4 is 33.3 Å². The van der Waals surface area contributed by atoms with E-state index in [-0.39, 0.29) is 22.1 Å². The number of ether oxygens (including phenoxy) is 5. The van der Waals surface area contributed by atoms with Gasteiger partial charge in [-0.05, 0) is 54.8 Å². The zero-order valence-corrected chi connectivity index (χ0v) is 23.5. The number of amides is 1. The van der Waals surface area contributed by atoms with Gasteiger partial charge in [-0.25, -0.2) is 8.42 Å². The Balaban J connectivity index is 1.87. The maximum absolute atomic E-state index is 13.9. The summed E-state index contributed by atoms with van der Waals surface area (Å²) in [6.07, 6.45) is 1.37. The van der Waals surface area contributed by atoms with Crippen molar-refractivity contribution in [2.45, 2.75) is 17.7 Å². The molecule has 210 valence electrons. The van der Waals surface area contributed by atoms with E-state index in [0.29, 0.717) is 24.5 Å². The average Bonchev–Trinajstić information content (AvgIpc) is 2.97. The number of benzene rings is 3. The Hall–Kier alpha value is -4.12. The first kappa shape index (κ1) is 29.4. The molecule has 10 nitrogen and oxygen atoms in total. The Kier molecular flexibility index (Phi) is 10.3. The predicted molar refractivity (Wildman–Crippen MR) is 148 cm³/mol. The molecule has 3 aromatic rings. The SMILES string of the molecule is COc1cccc(CCCNC(=O)CN(c2cc(OC)ccc2OC)S(=O)(=O)c2ccc(OC)c(OC)c2)c1. The molecule has 0 spiro atoms. The quantitative estimate of drug-likeness (QED) is 0.298. The molecule has 11 heteroatoms. The van der Waals surface area contributed by atoms with Gasteiger partial charge in [0.2, 0.25) is 5.91 Å². The highest BCUT2D eigenvalue weighted by atomic mass is 32.2. The molecule has 39 heavy (non-hydrogen) atoms. The van der Waals surface area contributed by atoms with E-state index in [2.05, 4.69) is 5.32 Å². The summed E-state index contributed by atoms with van der Waals surface area (Å²) in [5.41, 5.74) is 1.22. The van der Waals surface area contributed by atoms with Gasteiger partial charge in [-0.1, -0.05) is 12.1 Å². The Morgan fingerprint density at radius 3 is 2.10 bits per heavy atom. The van der Waals surface area contributed by atoms with Gasteiger partial charge in [-0.3, -0.25) is 9.10 Å². The molecule has 0 heterocycles. The summed E-state index contributed by atoms with van der Waals surface area (Å²) in [6.45, 7) is -0.130. The number of carbonyl (C=O) groups excluding carboxylic acids is 1. The van der Waals surface area contributed by atoms with Crippen LogP contribution >= 0.6 is 0 Å². The first-order chi connectivity index (χ1) is 18.8. The lowest BCUT2D eigenvalue weighted by atomic mass is 10.1. The van der Waals surface area contributed by atoms with Crippen LogP contribution in [0.4, 0.5) is 5.69 Å². The van der Waals surface area contributed by atoms with E-state index in [0.717, 1.165) is 22.0 Å². The molecule has 0 aliphatic carbocycles. The first-order valence-corrected chi connectivity index (χ1v) is 13.6. The summed E-state index contributed by atoms with van der Waals surface area (Å²) < 4.78 is 55.4. The number of nitrogens with one attached hydrogen (secondary N) is 1. The van der Waals surface area contributed by atoms with Crippen LogP contribution in [0.25, 0.3) is 0 Å². The van der Waals surface area contributed by atoms with Crippen molar-refractivity contribution in [2.75, 3.05) is 52.9 Å². The van der Waals surface area contributed by atoms with Crippen LogP contribution in [0.5, 0.6) is 28.7 Å². The summed E-state index contributed by atoms with van der Waals surface area (Å²) in [7, 11) is 3.11. The van der Waals surface area contributed by atoms with Crippen molar-refractivity contribution < 1.29 is 36.9 Å². The molecule has 3 rings (SSSR count). The number of methoxy groups -OCH3 is 5. The molecule has 0 aliphatic heterocycles. The van der Waals surface area contributed by atoms with Crippen LogP contribution in [-0.2, 0) is 21.2 Å². The van der Waals surface area contributed by atoms with Crippen molar-refractivity contribution >= 4 is 21.6 Å². The number of sulfonamides is 1. The topological polar surface area (TPSA) is 113 Å². The van der Waals surface area contributed by atoms with Gasteiger partial charge in [-0.15, -0.1) is 0 Å². The summed E-state index contributed by atoms with van der Waals surface area (Å²) in [5, 5.41) is 2.82. The van der Waals surface area contributed by atoms with Gasteiger partial charge < -0.3 is 29.0 Å². The highest BCUT2D eigenvalue weighted by Crippen LogP contribution is 2.37. The van der Waals surface area contributed by atoms with Crippen LogP contribution in [0, 0.1) is 0 Å². The monoisotopic (exact) mass is 558 g/mol. The molecule has 0 radical (unpaired) electrons. The fourth-order valence-electron chi connectivity index (χ4n) is 3.93. The van der Waals surface area contributed by atoms with Gasteiger partial charge in [-0.2, -0.15) is 0 Å². The third-order valence-electron chi connectivity index (χ3n) is 5.98. The maximum atomic E-state index is 13.9. The van der Waals surface area contributed by atoms with E-state index < -0.39 is 22.5 Å². The highest BCUT2D eigenvalue weighted by Gasteiger charge is 2.31. The van der Waals surface area contributed by atoms with Crippen LogP contribution in [0.2, 0.25) is 0 Å². The molecule has 3 aromatic carbocycles. The van der Waals surface area contributed by atoms with Crippen LogP contribution in [-0.4, -0.2) is 63.0 Å². The molecular weight excluding hydrogens is 524 g/mol. The second-order valence-corrected chi connectivity index (χ2v) is 10.2.